The second-order valence-electron chi connectivity index (χ2n) is 10.6. The Bertz CT molecular complexity index is 812. The molecule has 180 valence electrons. The maximum atomic E-state index is 13.1. The van der Waals surface area contributed by atoms with Crippen LogP contribution in [0.4, 0.5) is 0 Å². The Kier molecular flexibility index (Phi) is 6.50. The van der Waals surface area contributed by atoms with Crippen LogP contribution in [0.5, 0.6) is 11.5 Å². The number of rotatable bonds is 8. The van der Waals surface area contributed by atoms with Gasteiger partial charge in [0.1, 0.15) is 18.1 Å². The van der Waals surface area contributed by atoms with Gasteiger partial charge in [-0.25, -0.2) is 0 Å². The highest BCUT2D eigenvalue weighted by Crippen LogP contribution is 2.60. The molecule has 1 N–H and O–H groups in total. The van der Waals surface area contributed by atoms with E-state index in [2.05, 4.69) is 10.2 Å². The molecular formula is C26H37N3O4. The second-order valence-corrected chi connectivity index (χ2v) is 10.6. The average Bonchev–Trinajstić information content (AvgIpc) is 2.82. The molecule has 2 amide bonds. The van der Waals surface area contributed by atoms with Gasteiger partial charge in [-0.3, -0.25) is 14.5 Å². The van der Waals surface area contributed by atoms with Crippen LogP contribution in [-0.4, -0.2) is 74.6 Å². The van der Waals surface area contributed by atoms with Crippen molar-refractivity contribution in [3.63, 3.8) is 0 Å². The molecule has 7 nitrogen and oxygen atoms in total. The fraction of sp³-hybridized carbons (Fsp3) is 0.692. The number of methoxy groups -OCH3 is 1. The first-order valence-electron chi connectivity index (χ1n) is 12.6. The monoisotopic (exact) mass is 455 g/mol. The first-order valence-corrected chi connectivity index (χ1v) is 12.6. The number of ether oxygens (including phenoxy) is 2. The van der Waals surface area contributed by atoms with Gasteiger partial charge in [0.15, 0.2) is 0 Å². The van der Waals surface area contributed by atoms with Crippen LogP contribution in [0.25, 0.3) is 0 Å². The van der Waals surface area contributed by atoms with E-state index in [0.29, 0.717) is 19.7 Å². The van der Waals surface area contributed by atoms with E-state index in [1.54, 1.807) is 7.11 Å². The van der Waals surface area contributed by atoms with Crippen molar-refractivity contribution in [1.29, 1.82) is 0 Å². The Labute approximate surface area is 196 Å². The molecule has 5 aliphatic rings. The highest BCUT2D eigenvalue weighted by Gasteiger charge is 2.54. The molecule has 4 saturated carbocycles. The molecule has 0 radical (unpaired) electrons. The number of nitrogens with one attached hydrogen (secondary N) is 1. The van der Waals surface area contributed by atoms with Gasteiger partial charge in [0.25, 0.3) is 0 Å². The van der Waals surface area contributed by atoms with Gasteiger partial charge in [-0.15, -0.1) is 0 Å². The Balaban J connectivity index is 1.01. The molecule has 1 aromatic carbocycles. The van der Waals surface area contributed by atoms with Crippen molar-refractivity contribution in [2.45, 2.75) is 38.5 Å². The lowest BCUT2D eigenvalue weighted by Crippen LogP contribution is -2.56. The van der Waals surface area contributed by atoms with Crippen LogP contribution in [0, 0.1) is 23.2 Å². The predicted octanol–water partition coefficient (Wildman–Crippen LogP) is 2.55. The van der Waals surface area contributed by atoms with Gasteiger partial charge in [-0.2, -0.15) is 0 Å². The standard InChI is InChI=1S/C26H37N3O4/c1-32-22-2-4-23(5-3-22)33-11-10-28-6-8-29(9-7-28)24(30)18-27-25(31)26-15-19-12-20(16-26)14-21(13-19)17-26/h2-5,19-21H,6-18H2,1H3,(H,27,31). The molecule has 0 spiro atoms. The molecule has 5 fully saturated rings. The molecule has 33 heavy (non-hydrogen) atoms. The summed E-state index contributed by atoms with van der Waals surface area (Å²) in [5.41, 5.74) is -0.183. The molecule has 0 unspecified atom stereocenters. The average molecular weight is 456 g/mol. The zero-order chi connectivity index (χ0) is 22.8. The number of hydrogen-bond acceptors (Lipinski definition) is 5. The fourth-order valence-electron chi connectivity index (χ4n) is 7.03. The lowest BCUT2D eigenvalue weighted by Gasteiger charge is -2.55. The van der Waals surface area contributed by atoms with Gasteiger partial charge in [0.2, 0.25) is 11.8 Å². The van der Waals surface area contributed by atoms with Gasteiger partial charge >= 0.3 is 0 Å². The van der Waals surface area contributed by atoms with E-state index in [0.717, 1.165) is 68.1 Å². The van der Waals surface area contributed by atoms with Crippen molar-refractivity contribution in [3.8, 4) is 11.5 Å². The topological polar surface area (TPSA) is 71.1 Å². The molecule has 1 aliphatic heterocycles. The highest BCUT2D eigenvalue weighted by molar-refractivity contribution is 5.88. The van der Waals surface area contributed by atoms with Gasteiger partial charge < -0.3 is 19.7 Å². The van der Waals surface area contributed by atoms with E-state index in [4.69, 9.17) is 9.47 Å². The molecule has 7 heteroatoms. The third kappa shape index (κ3) is 4.98. The zero-order valence-electron chi connectivity index (χ0n) is 19.8. The van der Waals surface area contributed by atoms with Crippen LogP contribution in [0.3, 0.4) is 0 Å². The molecule has 1 saturated heterocycles. The molecule has 1 heterocycles. The Hall–Kier alpha value is -2.28. The van der Waals surface area contributed by atoms with Crippen molar-refractivity contribution in [2.75, 3.05) is 53.0 Å². The summed E-state index contributed by atoms with van der Waals surface area (Å²) in [4.78, 5) is 30.1. The van der Waals surface area contributed by atoms with Crippen LogP contribution in [0.2, 0.25) is 0 Å². The molecule has 4 aliphatic carbocycles. The van der Waals surface area contributed by atoms with E-state index in [-0.39, 0.29) is 23.8 Å². The van der Waals surface area contributed by atoms with Crippen LogP contribution in [0.15, 0.2) is 24.3 Å². The summed E-state index contributed by atoms with van der Waals surface area (Å²) in [6, 6.07) is 7.60. The first kappa shape index (κ1) is 22.5. The van der Waals surface area contributed by atoms with Gasteiger partial charge in [-0.1, -0.05) is 0 Å². The Morgan fingerprint density at radius 1 is 0.939 bits per heavy atom. The lowest BCUT2D eigenvalue weighted by atomic mass is 9.49. The van der Waals surface area contributed by atoms with Crippen LogP contribution < -0.4 is 14.8 Å². The Morgan fingerprint density at radius 2 is 1.52 bits per heavy atom. The quantitative estimate of drug-likeness (QED) is 0.652. The van der Waals surface area contributed by atoms with E-state index in [1.165, 1.54) is 19.3 Å². The van der Waals surface area contributed by atoms with E-state index >= 15 is 0 Å². The molecule has 0 aromatic heterocycles. The highest BCUT2D eigenvalue weighted by atomic mass is 16.5. The van der Waals surface area contributed by atoms with E-state index in [1.807, 2.05) is 29.2 Å². The first-order chi connectivity index (χ1) is 16.0. The van der Waals surface area contributed by atoms with Crippen LogP contribution in [0.1, 0.15) is 38.5 Å². The largest absolute Gasteiger partial charge is 0.497 e. The zero-order valence-corrected chi connectivity index (χ0v) is 19.8. The summed E-state index contributed by atoms with van der Waals surface area (Å²) in [6.45, 7) is 4.66. The molecule has 6 rings (SSSR count). The summed E-state index contributed by atoms with van der Waals surface area (Å²) in [5, 5.41) is 3.04. The molecule has 1 aromatic rings. The number of carbonyl (C=O) groups excluding carboxylic acids is 2. The van der Waals surface area contributed by atoms with Crippen LogP contribution >= 0.6 is 0 Å². The van der Waals surface area contributed by atoms with E-state index in [9.17, 15) is 9.59 Å². The number of benzene rings is 1. The second kappa shape index (κ2) is 9.53. The maximum Gasteiger partial charge on any atom is 0.242 e. The summed E-state index contributed by atoms with van der Waals surface area (Å²) in [7, 11) is 1.65. The minimum Gasteiger partial charge on any atom is -0.497 e. The number of amides is 2. The maximum absolute atomic E-state index is 13.1. The van der Waals surface area contributed by atoms with Gasteiger partial charge in [-0.05, 0) is 80.5 Å². The van der Waals surface area contributed by atoms with Crippen molar-refractivity contribution < 1.29 is 19.1 Å². The predicted molar refractivity (Wildman–Crippen MR) is 125 cm³/mol. The molecule has 4 bridgehead atoms. The van der Waals surface area contributed by atoms with Gasteiger partial charge in [0, 0.05) is 38.1 Å². The van der Waals surface area contributed by atoms with Crippen LogP contribution in [-0.2, 0) is 9.59 Å². The minimum atomic E-state index is -0.183. The lowest BCUT2D eigenvalue weighted by molar-refractivity contribution is -0.148. The summed E-state index contributed by atoms with van der Waals surface area (Å²) in [6.07, 6.45) is 7.07. The van der Waals surface area contributed by atoms with E-state index < -0.39 is 0 Å². The number of nitrogens with zero attached hydrogens (tertiary/aromatic N) is 2. The number of hydrogen-bond donors (Lipinski definition) is 1. The number of piperazine rings is 1. The van der Waals surface area contributed by atoms with Crippen molar-refractivity contribution in [3.05, 3.63) is 24.3 Å². The fourth-order valence-corrected chi connectivity index (χ4v) is 7.03. The summed E-state index contributed by atoms with van der Waals surface area (Å²) >= 11 is 0. The summed E-state index contributed by atoms with van der Waals surface area (Å²) in [5.74, 6) is 4.04. The third-order valence-corrected chi connectivity index (χ3v) is 8.38. The minimum absolute atomic E-state index is 0.0437. The SMILES string of the molecule is COc1ccc(OCCN2CCN(C(=O)CNC(=O)C34CC5CC(CC(C5)C3)C4)CC2)cc1. The van der Waals surface area contributed by atoms with Crippen molar-refractivity contribution in [2.24, 2.45) is 23.2 Å². The van der Waals surface area contributed by atoms with Crippen molar-refractivity contribution in [1.82, 2.24) is 15.1 Å². The molecule has 0 atom stereocenters. The molecular weight excluding hydrogens is 418 g/mol. The van der Waals surface area contributed by atoms with Gasteiger partial charge in [0.05, 0.1) is 13.7 Å². The third-order valence-electron chi connectivity index (χ3n) is 8.38. The normalized spacial score (nSPS) is 30.8. The Morgan fingerprint density at radius 3 is 2.09 bits per heavy atom. The smallest absolute Gasteiger partial charge is 0.242 e. The summed E-state index contributed by atoms with van der Waals surface area (Å²) < 4.78 is 11.0. The van der Waals surface area contributed by atoms with Crippen molar-refractivity contribution >= 4 is 11.8 Å². The number of carbonyl (C=O) groups is 2.